The standard InChI is InChI=1S/C16H22N4O2S/c1-10(2)15-18-12(9-23-15)16(21)20-8-6-4-5-7-13(20)14-17-11(3)22-19-14/h9-10,13H,4-8H2,1-3H3. The van der Waals surface area contributed by atoms with Gasteiger partial charge in [0, 0.05) is 24.8 Å². The summed E-state index contributed by atoms with van der Waals surface area (Å²) >= 11 is 1.55. The van der Waals surface area contributed by atoms with Crippen LogP contribution in [0.15, 0.2) is 9.90 Å². The van der Waals surface area contributed by atoms with E-state index in [-0.39, 0.29) is 11.9 Å². The highest BCUT2D eigenvalue weighted by molar-refractivity contribution is 7.09. The maximum atomic E-state index is 13.0. The zero-order chi connectivity index (χ0) is 16.4. The average molecular weight is 334 g/mol. The Hall–Kier alpha value is -1.76. The fraction of sp³-hybridized carbons (Fsp3) is 0.625. The van der Waals surface area contributed by atoms with E-state index in [0.717, 1.165) is 30.7 Å². The van der Waals surface area contributed by atoms with Crippen molar-refractivity contribution in [1.82, 2.24) is 20.0 Å². The number of likely N-dealkylation sites (tertiary alicyclic amines) is 1. The molecule has 3 heterocycles. The summed E-state index contributed by atoms with van der Waals surface area (Å²) in [5.74, 6) is 1.45. The fourth-order valence-corrected chi connectivity index (χ4v) is 3.68. The third-order valence-corrected chi connectivity index (χ3v) is 5.24. The van der Waals surface area contributed by atoms with E-state index in [9.17, 15) is 4.79 Å². The first-order valence-corrected chi connectivity index (χ1v) is 9.01. The Labute approximate surface area is 139 Å². The van der Waals surface area contributed by atoms with Crippen LogP contribution in [0.4, 0.5) is 0 Å². The molecule has 3 rings (SSSR count). The second-order valence-corrected chi connectivity index (χ2v) is 7.15. The van der Waals surface area contributed by atoms with Crippen LogP contribution in [0, 0.1) is 6.92 Å². The van der Waals surface area contributed by atoms with Crippen molar-refractivity contribution in [1.29, 1.82) is 0 Å². The van der Waals surface area contributed by atoms with Crippen LogP contribution in [0.5, 0.6) is 0 Å². The number of rotatable bonds is 3. The molecule has 1 aliphatic heterocycles. The molecule has 1 saturated heterocycles. The van der Waals surface area contributed by atoms with Gasteiger partial charge in [-0.3, -0.25) is 4.79 Å². The van der Waals surface area contributed by atoms with Gasteiger partial charge in [-0.05, 0) is 12.8 Å². The molecule has 0 N–H and O–H groups in total. The summed E-state index contributed by atoms with van der Waals surface area (Å²) in [6.45, 7) is 6.66. The lowest BCUT2D eigenvalue weighted by atomic mass is 10.1. The highest BCUT2D eigenvalue weighted by atomic mass is 32.1. The molecule has 2 aromatic heterocycles. The molecule has 1 unspecified atom stereocenters. The highest BCUT2D eigenvalue weighted by Crippen LogP contribution is 2.30. The van der Waals surface area contributed by atoms with Crippen molar-refractivity contribution in [3.05, 3.63) is 27.8 Å². The quantitative estimate of drug-likeness (QED) is 0.855. The Balaban J connectivity index is 1.87. The van der Waals surface area contributed by atoms with E-state index >= 15 is 0 Å². The summed E-state index contributed by atoms with van der Waals surface area (Å²) in [6, 6.07) is -0.119. The molecule has 0 aromatic carbocycles. The number of carbonyl (C=O) groups is 1. The lowest BCUT2D eigenvalue weighted by Crippen LogP contribution is -2.35. The van der Waals surface area contributed by atoms with Crippen LogP contribution >= 0.6 is 11.3 Å². The van der Waals surface area contributed by atoms with E-state index in [1.807, 2.05) is 10.3 Å². The second kappa shape index (κ2) is 6.78. The maximum absolute atomic E-state index is 13.0. The zero-order valence-electron chi connectivity index (χ0n) is 13.8. The highest BCUT2D eigenvalue weighted by Gasteiger charge is 2.31. The largest absolute Gasteiger partial charge is 0.340 e. The Bertz CT molecular complexity index is 679. The zero-order valence-corrected chi connectivity index (χ0v) is 14.6. The molecule has 0 radical (unpaired) electrons. The molecule has 0 saturated carbocycles. The molecular weight excluding hydrogens is 312 g/mol. The van der Waals surface area contributed by atoms with E-state index in [4.69, 9.17) is 4.52 Å². The summed E-state index contributed by atoms with van der Waals surface area (Å²) in [4.78, 5) is 23.7. The molecule has 0 aliphatic carbocycles. The van der Waals surface area contributed by atoms with Crippen molar-refractivity contribution in [3.8, 4) is 0 Å². The number of amides is 1. The molecule has 0 bridgehead atoms. The third kappa shape index (κ3) is 3.44. The van der Waals surface area contributed by atoms with Crippen molar-refractivity contribution < 1.29 is 9.32 Å². The molecule has 124 valence electrons. The van der Waals surface area contributed by atoms with Crippen LogP contribution in [-0.2, 0) is 0 Å². The second-order valence-electron chi connectivity index (χ2n) is 6.26. The minimum absolute atomic E-state index is 0.0255. The van der Waals surface area contributed by atoms with Gasteiger partial charge in [-0.2, -0.15) is 4.98 Å². The summed E-state index contributed by atoms with van der Waals surface area (Å²) in [5, 5.41) is 6.90. The number of aromatic nitrogens is 3. The van der Waals surface area contributed by atoms with Crippen LogP contribution in [0.2, 0.25) is 0 Å². The molecule has 0 spiro atoms. The number of thiazole rings is 1. The fourth-order valence-electron chi connectivity index (χ4n) is 2.87. The predicted molar refractivity (Wildman–Crippen MR) is 87.5 cm³/mol. The molecular formula is C16H22N4O2S. The van der Waals surface area contributed by atoms with E-state index in [1.54, 1.807) is 18.3 Å². The summed E-state index contributed by atoms with van der Waals surface area (Å²) in [5.41, 5.74) is 0.533. The van der Waals surface area contributed by atoms with Gasteiger partial charge in [-0.1, -0.05) is 31.8 Å². The lowest BCUT2D eigenvalue weighted by molar-refractivity contribution is 0.0665. The summed E-state index contributed by atoms with van der Waals surface area (Å²) < 4.78 is 5.12. The average Bonchev–Trinajstić information content (AvgIpc) is 3.10. The normalized spacial score (nSPS) is 19.1. The van der Waals surface area contributed by atoms with Crippen LogP contribution in [0.1, 0.15) is 78.7 Å². The van der Waals surface area contributed by atoms with Crippen LogP contribution in [-0.4, -0.2) is 32.5 Å². The minimum atomic E-state index is -0.119. The van der Waals surface area contributed by atoms with Gasteiger partial charge in [-0.25, -0.2) is 4.98 Å². The van der Waals surface area contributed by atoms with E-state index in [2.05, 4.69) is 29.0 Å². The third-order valence-electron chi connectivity index (χ3n) is 4.09. The number of nitrogens with zero attached hydrogens (tertiary/aromatic N) is 4. The Morgan fingerprint density at radius 3 is 2.83 bits per heavy atom. The topological polar surface area (TPSA) is 72.1 Å². The molecule has 23 heavy (non-hydrogen) atoms. The molecule has 2 aromatic rings. The van der Waals surface area contributed by atoms with E-state index < -0.39 is 0 Å². The van der Waals surface area contributed by atoms with Crippen molar-refractivity contribution in [2.75, 3.05) is 6.54 Å². The molecule has 1 aliphatic rings. The molecule has 6 nitrogen and oxygen atoms in total. The summed E-state index contributed by atoms with van der Waals surface area (Å²) in [7, 11) is 0. The Morgan fingerprint density at radius 2 is 2.17 bits per heavy atom. The predicted octanol–water partition coefficient (Wildman–Crippen LogP) is 3.72. The number of carbonyl (C=O) groups excluding carboxylic acids is 1. The van der Waals surface area contributed by atoms with Crippen molar-refractivity contribution >= 4 is 17.2 Å². The lowest BCUT2D eigenvalue weighted by Gasteiger charge is -2.27. The van der Waals surface area contributed by atoms with Crippen LogP contribution in [0.25, 0.3) is 0 Å². The number of hydrogen-bond donors (Lipinski definition) is 0. The summed E-state index contributed by atoms with van der Waals surface area (Å²) in [6.07, 6.45) is 4.05. The van der Waals surface area contributed by atoms with Gasteiger partial charge in [0.15, 0.2) is 5.82 Å². The number of aryl methyl sites for hydroxylation is 1. The smallest absolute Gasteiger partial charge is 0.273 e. The first-order chi connectivity index (χ1) is 11.1. The van der Waals surface area contributed by atoms with Gasteiger partial charge in [0.25, 0.3) is 5.91 Å². The van der Waals surface area contributed by atoms with Gasteiger partial charge >= 0.3 is 0 Å². The number of hydrogen-bond acceptors (Lipinski definition) is 6. The van der Waals surface area contributed by atoms with Gasteiger partial charge in [0.2, 0.25) is 5.89 Å². The first kappa shape index (κ1) is 16.1. The van der Waals surface area contributed by atoms with Crippen LogP contribution < -0.4 is 0 Å². The molecule has 7 heteroatoms. The molecule has 1 atom stereocenters. The molecule has 1 fully saturated rings. The van der Waals surface area contributed by atoms with Gasteiger partial charge < -0.3 is 9.42 Å². The first-order valence-electron chi connectivity index (χ1n) is 8.13. The SMILES string of the molecule is Cc1nc(C2CCCCCN2C(=O)c2csc(C(C)C)n2)no1. The Morgan fingerprint density at radius 1 is 1.35 bits per heavy atom. The maximum Gasteiger partial charge on any atom is 0.273 e. The van der Waals surface area contributed by atoms with Crippen LogP contribution in [0.3, 0.4) is 0 Å². The van der Waals surface area contributed by atoms with E-state index in [1.165, 1.54) is 0 Å². The van der Waals surface area contributed by atoms with Gasteiger partial charge in [0.1, 0.15) is 5.69 Å². The Kier molecular flexibility index (Phi) is 4.75. The monoisotopic (exact) mass is 334 g/mol. The molecule has 1 amide bonds. The minimum Gasteiger partial charge on any atom is -0.340 e. The van der Waals surface area contributed by atoms with E-state index in [0.29, 0.717) is 29.9 Å². The van der Waals surface area contributed by atoms with Gasteiger partial charge in [0.05, 0.1) is 11.0 Å². The van der Waals surface area contributed by atoms with Gasteiger partial charge in [-0.15, -0.1) is 11.3 Å². The van der Waals surface area contributed by atoms with Crippen molar-refractivity contribution in [2.24, 2.45) is 0 Å². The van der Waals surface area contributed by atoms with Crippen molar-refractivity contribution in [2.45, 2.75) is 58.4 Å². The van der Waals surface area contributed by atoms with Crippen molar-refractivity contribution in [3.63, 3.8) is 0 Å².